The molecule has 2 heterocycles. The Hall–Kier alpha value is -3.00. The number of phenols is 1. The summed E-state index contributed by atoms with van der Waals surface area (Å²) in [5.74, 6) is -1.17. The molecule has 2 aromatic rings. The molecule has 1 aromatic carbocycles. The van der Waals surface area contributed by atoms with E-state index in [4.69, 9.17) is 15.3 Å². The van der Waals surface area contributed by atoms with Crippen LogP contribution in [0, 0.1) is 0 Å². The van der Waals surface area contributed by atoms with Gasteiger partial charge in [0.05, 0.1) is 4.91 Å². The number of aromatic hydroxyl groups is 1. The minimum absolute atomic E-state index is 0.178. The third kappa shape index (κ3) is 2.97. The number of carbonyl (C=O) groups is 2. The number of carboxylic acids is 1. The minimum Gasteiger partial charge on any atom is -0.507 e. The number of thioether (sulfide) groups is 1. The van der Waals surface area contributed by atoms with Gasteiger partial charge < -0.3 is 20.4 Å². The molecule has 0 spiro atoms. The van der Waals surface area contributed by atoms with Gasteiger partial charge in [-0.05, 0) is 42.1 Å². The summed E-state index contributed by atoms with van der Waals surface area (Å²) in [6, 6.07) is 7.40. The molecule has 1 aliphatic heterocycles. The standard InChI is InChI=1S/C15H10N2O5S/c16-15-17-13(19)12(23-15)6-8-2-4-11(22-8)7-1-3-10(18)9(5-7)14(20)21/h1-6,18H,(H,20,21)(H2,16,17,19)/b12-6-. The van der Waals surface area contributed by atoms with E-state index in [1.165, 1.54) is 24.3 Å². The highest BCUT2D eigenvalue weighted by atomic mass is 32.2. The Morgan fingerprint density at radius 1 is 1.30 bits per heavy atom. The van der Waals surface area contributed by atoms with Gasteiger partial charge in [-0.15, -0.1) is 0 Å². The summed E-state index contributed by atoms with van der Waals surface area (Å²) in [6.45, 7) is 0. The summed E-state index contributed by atoms with van der Waals surface area (Å²) in [5, 5.41) is 18.7. The molecular formula is C15H10N2O5S. The second-order valence-electron chi connectivity index (χ2n) is 4.60. The molecule has 1 amide bonds. The molecule has 3 rings (SSSR count). The maximum absolute atomic E-state index is 11.5. The van der Waals surface area contributed by atoms with Crippen LogP contribution in [-0.2, 0) is 4.79 Å². The van der Waals surface area contributed by atoms with Crippen molar-refractivity contribution in [3.8, 4) is 17.1 Å². The summed E-state index contributed by atoms with van der Waals surface area (Å²) in [7, 11) is 0. The first-order chi connectivity index (χ1) is 10.9. The number of amidine groups is 1. The predicted octanol–water partition coefficient (Wildman–Crippen LogP) is 2.28. The Balaban J connectivity index is 1.91. The van der Waals surface area contributed by atoms with Gasteiger partial charge in [0.1, 0.15) is 22.8 Å². The van der Waals surface area contributed by atoms with Gasteiger partial charge in [-0.1, -0.05) is 0 Å². The number of nitrogens with two attached hydrogens (primary N) is 1. The molecule has 23 heavy (non-hydrogen) atoms. The van der Waals surface area contributed by atoms with Crippen LogP contribution in [0.2, 0.25) is 0 Å². The van der Waals surface area contributed by atoms with Crippen LogP contribution in [0.25, 0.3) is 17.4 Å². The van der Waals surface area contributed by atoms with Crippen LogP contribution in [0.3, 0.4) is 0 Å². The summed E-state index contributed by atoms with van der Waals surface area (Å²) in [4.78, 5) is 26.5. The van der Waals surface area contributed by atoms with Crippen LogP contribution in [0.1, 0.15) is 16.1 Å². The average molecular weight is 330 g/mol. The molecule has 0 fully saturated rings. The van der Waals surface area contributed by atoms with E-state index in [1.807, 2.05) is 0 Å². The number of amides is 1. The molecule has 8 heteroatoms. The molecule has 4 N–H and O–H groups in total. The van der Waals surface area contributed by atoms with Crippen LogP contribution in [-0.4, -0.2) is 27.3 Å². The topological polar surface area (TPSA) is 126 Å². The lowest BCUT2D eigenvalue weighted by atomic mass is 10.1. The molecule has 0 aliphatic carbocycles. The number of hydrogen-bond acceptors (Lipinski definition) is 6. The van der Waals surface area contributed by atoms with E-state index >= 15 is 0 Å². The van der Waals surface area contributed by atoms with Crippen molar-refractivity contribution in [2.75, 3.05) is 0 Å². The summed E-state index contributed by atoms with van der Waals surface area (Å²) < 4.78 is 5.58. The van der Waals surface area contributed by atoms with Crippen LogP contribution in [0.4, 0.5) is 0 Å². The van der Waals surface area contributed by atoms with Crippen molar-refractivity contribution in [3.63, 3.8) is 0 Å². The van der Waals surface area contributed by atoms with Crippen molar-refractivity contribution in [1.29, 1.82) is 0 Å². The molecule has 0 atom stereocenters. The molecule has 0 saturated heterocycles. The maximum Gasteiger partial charge on any atom is 0.339 e. The third-order valence-electron chi connectivity index (χ3n) is 3.05. The number of hydrogen-bond donors (Lipinski definition) is 3. The number of aromatic carboxylic acids is 1. The monoisotopic (exact) mass is 330 g/mol. The van der Waals surface area contributed by atoms with Gasteiger partial charge in [-0.3, -0.25) is 4.79 Å². The number of carbonyl (C=O) groups excluding carboxylic acids is 1. The van der Waals surface area contributed by atoms with Crippen molar-refractivity contribution in [1.82, 2.24) is 0 Å². The number of rotatable bonds is 3. The van der Waals surface area contributed by atoms with E-state index in [9.17, 15) is 14.7 Å². The zero-order chi connectivity index (χ0) is 16.6. The number of nitrogens with zero attached hydrogens (tertiary/aromatic N) is 1. The average Bonchev–Trinajstić information content (AvgIpc) is 3.06. The van der Waals surface area contributed by atoms with E-state index < -0.39 is 11.9 Å². The second kappa shape index (κ2) is 5.65. The first-order valence-electron chi connectivity index (χ1n) is 6.38. The highest BCUT2D eigenvalue weighted by Crippen LogP contribution is 2.30. The van der Waals surface area contributed by atoms with Crippen molar-refractivity contribution < 1.29 is 24.2 Å². The van der Waals surface area contributed by atoms with E-state index in [-0.39, 0.29) is 16.5 Å². The minimum atomic E-state index is -1.24. The third-order valence-corrected chi connectivity index (χ3v) is 3.86. The summed E-state index contributed by atoms with van der Waals surface area (Å²) >= 11 is 1.05. The van der Waals surface area contributed by atoms with Crippen molar-refractivity contribution in [3.05, 3.63) is 46.6 Å². The van der Waals surface area contributed by atoms with Gasteiger partial charge in [0.15, 0.2) is 5.17 Å². The molecule has 1 aliphatic rings. The lowest BCUT2D eigenvalue weighted by Crippen LogP contribution is -2.01. The van der Waals surface area contributed by atoms with Crippen molar-refractivity contribution in [2.45, 2.75) is 0 Å². The van der Waals surface area contributed by atoms with Gasteiger partial charge in [-0.25, -0.2) is 4.79 Å². The fraction of sp³-hybridized carbons (Fsp3) is 0. The Morgan fingerprint density at radius 2 is 2.09 bits per heavy atom. The first kappa shape index (κ1) is 14.9. The lowest BCUT2D eigenvalue weighted by molar-refractivity contribution is -0.113. The molecule has 1 aromatic heterocycles. The van der Waals surface area contributed by atoms with Crippen LogP contribution in [0.15, 0.2) is 44.6 Å². The molecule has 0 radical (unpaired) electrons. The number of carboxylic acid groups (broad SMARTS) is 1. The first-order valence-corrected chi connectivity index (χ1v) is 7.20. The number of aliphatic imine (C=N–C) groups is 1. The van der Waals surface area contributed by atoms with E-state index in [2.05, 4.69) is 4.99 Å². The van der Waals surface area contributed by atoms with Gasteiger partial charge in [0.25, 0.3) is 5.91 Å². The van der Waals surface area contributed by atoms with Crippen molar-refractivity contribution in [2.24, 2.45) is 10.7 Å². The largest absolute Gasteiger partial charge is 0.507 e. The molecule has 0 bridgehead atoms. The Bertz CT molecular complexity index is 882. The zero-order valence-electron chi connectivity index (χ0n) is 11.5. The van der Waals surface area contributed by atoms with E-state index in [1.54, 1.807) is 12.1 Å². The van der Waals surface area contributed by atoms with Crippen molar-refractivity contribution >= 4 is 34.9 Å². The Labute approximate surface area is 134 Å². The predicted molar refractivity (Wildman–Crippen MR) is 85.0 cm³/mol. The highest BCUT2D eigenvalue weighted by molar-refractivity contribution is 8.18. The van der Waals surface area contributed by atoms with E-state index in [0.29, 0.717) is 22.0 Å². The summed E-state index contributed by atoms with van der Waals surface area (Å²) in [5.41, 5.74) is 5.74. The second-order valence-corrected chi connectivity index (χ2v) is 5.67. The summed E-state index contributed by atoms with van der Waals surface area (Å²) in [6.07, 6.45) is 1.51. The van der Waals surface area contributed by atoms with Crippen LogP contribution >= 0.6 is 11.8 Å². The van der Waals surface area contributed by atoms with Crippen LogP contribution < -0.4 is 5.73 Å². The normalized spacial score (nSPS) is 15.9. The van der Waals surface area contributed by atoms with Gasteiger partial charge in [0, 0.05) is 11.6 Å². The fourth-order valence-corrected chi connectivity index (χ4v) is 2.66. The molecular weight excluding hydrogens is 320 g/mol. The Morgan fingerprint density at radius 3 is 2.74 bits per heavy atom. The lowest BCUT2D eigenvalue weighted by Gasteiger charge is -2.02. The van der Waals surface area contributed by atoms with Crippen LogP contribution in [0.5, 0.6) is 5.75 Å². The van der Waals surface area contributed by atoms with Gasteiger partial charge in [0.2, 0.25) is 0 Å². The highest BCUT2D eigenvalue weighted by Gasteiger charge is 2.20. The van der Waals surface area contributed by atoms with Gasteiger partial charge >= 0.3 is 5.97 Å². The number of benzene rings is 1. The van der Waals surface area contributed by atoms with E-state index in [0.717, 1.165) is 11.8 Å². The molecule has 116 valence electrons. The zero-order valence-corrected chi connectivity index (χ0v) is 12.3. The quantitative estimate of drug-likeness (QED) is 0.737. The molecule has 7 nitrogen and oxygen atoms in total. The molecule has 0 unspecified atom stereocenters. The maximum atomic E-state index is 11.5. The smallest absolute Gasteiger partial charge is 0.339 e. The Kier molecular flexibility index (Phi) is 3.67. The fourth-order valence-electron chi connectivity index (χ4n) is 2.00. The number of furan rings is 1. The SMILES string of the molecule is NC1=NC(=O)/C(=C/c2ccc(-c3ccc(O)c(C(=O)O)c3)o2)S1. The molecule has 0 saturated carbocycles. The van der Waals surface area contributed by atoms with Gasteiger partial charge in [-0.2, -0.15) is 4.99 Å².